The molecule has 2 rings (SSSR count). The van der Waals surface area contributed by atoms with Crippen LogP contribution in [-0.2, 0) is 6.54 Å². The Labute approximate surface area is 115 Å². The van der Waals surface area contributed by atoms with E-state index in [0.717, 1.165) is 44.0 Å². The third-order valence-electron chi connectivity index (χ3n) is 3.64. The minimum Gasteiger partial charge on any atom is -0.496 e. The topological polar surface area (TPSA) is 15.7 Å². The van der Waals surface area contributed by atoms with E-state index < -0.39 is 0 Å². The smallest absolute Gasteiger partial charge is 0.123 e. The molecule has 3 nitrogen and oxygen atoms in total. The number of methoxy groups -OCH3 is 1. The summed E-state index contributed by atoms with van der Waals surface area (Å²) in [5.74, 6) is 0.581. The molecule has 1 heterocycles. The van der Waals surface area contributed by atoms with Crippen LogP contribution in [0.3, 0.4) is 0 Å². The summed E-state index contributed by atoms with van der Waals surface area (Å²) in [6, 6.07) is 4.73. The Morgan fingerprint density at radius 1 is 1.16 bits per heavy atom. The molecule has 1 fully saturated rings. The van der Waals surface area contributed by atoms with E-state index in [1.54, 1.807) is 19.2 Å². The van der Waals surface area contributed by atoms with Gasteiger partial charge in [-0.1, -0.05) is 6.92 Å². The van der Waals surface area contributed by atoms with Crippen LogP contribution in [0.4, 0.5) is 4.39 Å². The average Bonchev–Trinajstić information content (AvgIpc) is 2.42. The molecule has 1 saturated heterocycles. The zero-order valence-electron chi connectivity index (χ0n) is 11.9. The SMILES string of the molecule is CCCN1CCN(Cc2cc(F)ccc2OC)CC1. The molecular weight excluding hydrogens is 243 g/mol. The maximum Gasteiger partial charge on any atom is 0.123 e. The second-order valence-corrected chi connectivity index (χ2v) is 5.07. The maximum atomic E-state index is 13.3. The molecule has 0 atom stereocenters. The van der Waals surface area contributed by atoms with Crippen molar-refractivity contribution in [3.63, 3.8) is 0 Å². The molecule has 106 valence electrons. The van der Waals surface area contributed by atoms with Gasteiger partial charge in [-0.25, -0.2) is 4.39 Å². The van der Waals surface area contributed by atoms with Gasteiger partial charge < -0.3 is 9.64 Å². The van der Waals surface area contributed by atoms with Crippen LogP contribution in [0.15, 0.2) is 18.2 Å². The van der Waals surface area contributed by atoms with Crippen molar-refractivity contribution in [1.82, 2.24) is 9.80 Å². The summed E-state index contributed by atoms with van der Waals surface area (Å²) in [4.78, 5) is 4.85. The molecule has 0 radical (unpaired) electrons. The Hall–Kier alpha value is -1.13. The number of nitrogens with zero attached hydrogens (tertiary/aromatic N) is 2. The third-order valence-corrected chi connectivity index (χ3v) is 3.64. The summed E-state index contributed by atoms with van der Waals surface area (Å²) in [5, 5.41) is 0. The van der Waals surface area contributed by atoms with Gasteiger partial charge in [-0.15, -0.1) is 0 Å². The largest absolute Gasteiger partial charge is 0.496 e. The highest BCUT2D eigenvalue weighted by Crippen LogP contribution is 2.21. The molecule has 0 unspecified atom stereocenters. The molecule has 1 aromatic rings. The van der Waals surface area contributed by atoms with E-state index in [1.165, 1.54) is 19.0 Å². The van der Waals surface area contributed by atoms with Crippen LogP contribution in [0, 0.1) is 5.82 Å². The molecule has 0 N–H and O–H groups in total. The third kappa shape index (κ3) is 3.91. The number of halogens is 1. The number of benzene rings is 1. The number of ether oxygens (including phenoxy) is 1. The fourth-order valence-corrected chi connectivity index (χ4v) is 2.60. The summed E-state index contributed by atoms with van der Waals surface area (Å²) in [5.41, 5.74) is 0.937. The molecule has 19 heavy (non-hydrogen) atoms. The zero-order chi connectivity index (χ0) is 13.7. The molecule has 1 aromatic carbocycles. The van der Waals surface area contributed by atoms with Crippen molar-refractivity contribution in [2.45, 2.75) is 19.9 Å². The Balaban J connectivity index is 1.93. The predicted molar refractivity (Wildman–Crippen MR) is 75.0 cm³/mol. The van der Waals surface area contributed by atoms with Gasteiger partial charge in [-0.05, 0) is 31.2 Å². The van der Waals surface area contributed by atoms with Gasteiger partial charge in [-0.2, -0.15) is 0 Å². The van der Waals surface area contributed by atoms with Crippen LogP contribution in [0.2, 0.25) is 0 Å². The first-order valence-corrected chi connectivity index (χ1v) is 7.00. The van der Waals surface area contributed by atoms with Gasteiger partial charge in [0, 0.05) is 38.3 Å². The molecule has 1 aliphatic heterocycles. The first-order valence-electron chi connectivity index (χ1n) is 7.00. The minimum absolute atomic E-state index is 0.194. The summed E-state index contributed by atoms with van der Waals surface area (Å²) in [7, 11) is 1.63. The normalized spacial score (nSPS) is 17.6. The van der Waals surface area contributed by atoms with Crippen molar-refractivity contribution in [2.24, 2.45) is 0 Å². The number of hydrogen-bond acceptors (Lipinski definition) is 3. The lowest BCUT2D eigenvalue weighted by Crippen LogP contribution is -2.46. The van der Waals surface area contributed by atoms with Gasteiger partial charge in [0.1, 0.15) is 11.6 Å². The first-order chi connectivity index (χ1) is 9.22. The Morgan fingerprint density at radius 3 is 2.47 bits per heavy atom. The Kier molecular flexibility index (Phi) is 5.16. The Morgan fingerprint density at radius 2 is 1.84 bits per heavy atom. The summed E-state index contributed by atoms with van der Waals surface area (Å²) in [6.07, 6.45) is 1.21. The minimum atomic E-state index is -0.194. The number of rotatable bonds is 5. The lowest BCUT2D eigenvalue weighted by Gasteiger charge is -2.34. The van der Waals surface area contributed by atoms with Crippen molar-refractivity contribution >= 4 is 0 Å². The van der Waals surface area contributed by atoms with Gasteiger partial charge in [0.25, 0.3) is 0 Å². The van der Waals surface area contributed by atoms with E-state index in [-0.39, 0.29) is 5.82 Å². The van der Waals surface area contributed by atoms with Gasteiger partial charge in [-0.3, -0.25) is 4.90 Å². The molecule has 0 aromatic heterocycles. The number of piperazine rings is 1. The van der Waals surface area contributed by atoms with Crippen LogP contribution in [0.1, 0.15) is 18.9 Å². The highest BCUT2D eigenvalue weighted by Gasteiger charge is 2.17. The molecule has 0 saturated carbocycles. The average molecular weight is 266 g/mol. The van der Waals surface area contributed by atoms with Crippen molar-refractivity contribution in [1.29, 1.82) is 0 Å². The van der Waals surface area contributed by atoms with E-state index in [2.05, 4.69) is 16.7 Å². The van der Waals surface area contributed by atoms with Gasteiger partial charge in [0.05, 0.1) is 7.11 Å². The fraction of sp³-hybridized carbons (Fsp3) is 0.600. The van der Waals surface area contributed by atoms with E-state index in [9.17, 15) is 4.39 Å². The van der Waals surface area contributed by atoms with Gasteiger partial charge >= 0.3 is 0 Å². The highest BCUT2D eigenvalue weighted by atomic mass is 19.1. The van der Waals surface area contributed by atoms with Crippen molar-refractivity contribution in [2.75, 3.05) is 39.8 Å². The molecule has 0 bridgehead atoms. The van der Waals surface area contributed by atoms with Crippen molar-refractivity contribution in [3.8, 4) is 5.75 Å². The lowest BCUT2D eigenvalue weighted by molar-refractivity contribution is 0.126. The van der Waals surface area contributed by atoms with Crippen LogP contribution in [0.25, 0.3) is 0 Å². The summed E-state index contributed by atoms with van der Waals surface area (Å²) >= 11 is 0. The van der Waals surface area contributed by atoms with Crippen LogP contribution >= 0.6 is 0 Å². The molecule has 0 spiro atoms. The van der Waals surface area contributed by atoms with Gasteiger partial charge in [0.2, 0.25) is 0 Å². The highest BCUT2D eigenvalue weighted by molar-refractivity contribution is 5.33. The quantitative estimate of drug-likeness (QED) is 0.813. The second-order valence-electron chi connectivity index (χ2n) is 5.07. The van der Waals surface area contributed by atoms with Gasteiger partial charge in [0.15, 0.2) is 0 Å². The number of hydrogen-bond donors (Lipinski definition) is 0. The molecule has 0 aliphatic carbocycles. The van der Waals surface area contributed by atoms with Crippen molar-refractivity contribution < 1.29 is 9.13 Å². The van der Waals surface area contributed by atoms with Crippen LogP contribution < -0.4 is 4.74 Å². The monoisotopic (exact) mass is 266 g/mol. The lowest BCUT2D eigenvalue weighted by atomic mass is 10.1. The molecule has 1 aliphatic rings. The predicted octanol–water partition coefficient (Wildman–Crippen LogP) is 2.36. The summed E-state index contributed by atoms with van der Waals surface area (Å²) < 4.78 is 18.6. The Bertz CT molecular complexity index is 403. The summed E-state index contributed by atoms with van der Waals surface area (Å²) in [6.45, 7) is 8.44. The first kappa shape index (κ1) is 14.3. The maximum absolute atomic E-state index is 13.3. The molecule has 4 heteroatoms. The van der Waals surface area contributed by atoms with Crippen molar-refractivity contribution in [3.05, 3.63) is 29.6 Å². The fourth-order valence-electron chi connectivity index (χ4n) is 2.60. The van der Waals surface area contributed by atoms with Crippen LogP contribution in [-0.4, -0.2) is 49.6 Å². The van der Waals surface area contributed by atoms with E-state index >= 15 is 0 Å². The van der Waals surface area contributed by atoms with Crippen LogP contribution in [0.5, 0.6) is 5.75 Å². The van der Waals surface area contributed by atoms with E-state index in [0.29, 0.717) is 0 Å². The molecular formula is C15H23FN2O. The molecule has 0 amide bonds. The second kappa shape index (κ2) is 6.87. The standard InChI is InChI=1S/C15H23FN2O/c1-3-6-17-7-9-18(10-8-17)12-13-11-14(16)4-5-15(13)19-2/h4-5,11H,3,6-10,12H2,1-2H3. The van der Waals surface area contributed by atoms with E-state index in [1.807, 2.05) is 0 Å². The zero-order valence-corrected chi connectivity index (χ0v) is 11.9. The van der Waals surface area contributed by atoms with E-state index in [4.69, 9.17) is 4.74 Å².